The number of halogens is 1. The molecule has 0 aromatic carbocycles. The third-order valence-electron chi connectivity index (χ3n) is 2.31. The molecule has 3 rings (SSSR count). The maximum Gasteiger partial charge on any atom is 0.282 e. The van der Waals surface area contributed by atoms with Crippen molar-refractivity contribution >= 4 is 44.8 Å². The smallest absolute Gasteiger partial charge is 0.282 e. The second-order valence-corrected chi connectivity index (χ2v) is 4.52. The number of nitrogens with zero attached hydrogens (tertiary/aromatic N) is 3. The third-order valence-corrected chi connectivity index (χ3v) is 3.22. The zero-order chi connectivity index (χ0) is 12.4. The minimum absolute atomic E-state index is 0. The maximum atomic E-state index is 11.8. The van der Waals surface area contributed by atoms with Crippen LogP contribution in [0, 0.1) is 0 Å². The van der Waals surface area contributed by atoms with E-state index in [1.807, 2.05) is 12.1 Å². The SMILES string of the molecule is Cl.O=c1nc(Nc2cccnc2)sc2ncccc12. The number of hydrogen-bond donors (Lipinski definition) is 1. The van der Waals surface area contributed by atoms with Gasteiger partial charge in [0.15, 0.2) is 5.13 Å². The second kappa shape index (κ2) is 5.73. The largest absolute Gasteiger partial charge is 0.330 e. The summed E-state index contributed by atoms with van der Waals surface area (Å²) in [6.07, 6.45) is 5.01. The predicted octanol–water partition coefficient (Wildman–Crippen LogP) is 2.61. The lowest BCUT2D eigenvalue weighted by atomic mass is 10.4. The number of rotatable bonds is 2. The van der Waals surface area contributed by atoms with Crippen molar-refractivity contribution in [3.8, 4) is 0 Å². The Hall–Kier alpha value is -2.05. The lowest BCUT2D eigenvalue weighted by Crippen LogP contribution is -2.07. The van der Waals surface area contributed by atoms with Gasteiger partial charge in [-0.15, -0.1) is 12.4 Å². The number of nitrogens with one attached hydrogen (secondary N) is 1. The monoisotopic (exact) mass is 292 g/mol. The fraction of sp³-hybridized carbons (Fsp3) is 0. The Bertz CT molecular complexity index is 747. The lowest BCUT2D eigenvalue weighted by Gasteiger charge is -2.03. The van der Waals surface area contributed by atoms with Crippen molar-refractivity contribution in [3.05, 3.63) is 53.2 Å². The van der Waals surface area contributed by atoms with Crippen LogP contribution < -0.4 is 10.9 Å². The Morgan fingerprint density at radius 1 is 1.16 bits per heavy atom. The molecule has 0 unspecified atom stereocenters. The zero-order valence-corrected chi connectivity index (χ0v) is 11.2. The average molecular weight is 293 g/mol. The summed E-state index contributed by atoms with van der Waals surface area (Å²) in [4.78, 5) is 24.6. The van der Waals surface area contributed by atoms with Crippen molar-refractivity contribution in [2.24, 2.45) is 0 Å². The minimum atomic E-state index is -0.275. The van der Waals surface area contributed by atoms with Crippen molar-refractivity contribution in [2.75, 3.05) is 5.32 Å². The molecule has 0 bridgehead atoms. The van der Waals surface area contributed by atoms with Crippen molar-refractivity contribution in [1.29, 1.82) is 0 Å². The molecule has 0 atom stereocenters. The molecule has 0 fully saturated rings. The van der Waals surface area contributed by atoms with Gasteiger partial charge in [0.2, 0.25) is 0 Å². The molecule has 1 N–H and O–H groups in total. The summed E-state index contributed by atoms with van der Waals surface area (Å²) in [5.74, 6) is 0. The summed E-state index contributed by atoms with van der Waals surface area (Å²) >= 11 is 1.33. The fourth-order valence-corrected chi connectivity index (χ4v) is 2.37. The molecular weight excluding hydrogens is 284 g/mol. The van der Waals surface area contributed by atoms with Crippen LogP contribution in [0.15, 0.2) is 47.7 Å². The zero-order valence-electron chi connectivity index (χ0n) is 9.61. The van der Waals surface area contributed by atoms with Gasteiger partial charge in [-0.3, -0.25) is 9.78 Å². The first-order chi connectivity index (χ1) is 8.83. The number of anilines is 2. The highest BCUT2D eigenvalue weighted by atomic mass is 35.5. The van der Waals surface area contributed by atoms with Crippen LogP contribution in [0.5, 0.6) is 0 Å². The van der Waals surface area contributed by atoms with Crippen LogP contribution in [0.2, 0.25) is 0 Å². The average Bonchev–Trinajstić information content (AvgIpc) is 2.40. The normalized spacial score (nSPS) is 9.89. The fourth-order valence-electron chi connectivity index (χ4n) is 1.52. The first-order valence-corrected chi connectivity index (χ1v) is 6.07. The topological polar surface area (TPSA) is 67.8 Å². The Morgan fingerprint density at radius 2 is 2.00 bits per heavy atom. The summed E-state index contributed by atoms with van der Waals surface area (Å²) in [7, 11) is 0. The molecule has 0 aliphatic rings. The molecule has 0 saturated carbocycles. The van der Waals surface area contributed by atoms with Gasteiger partial charge in [0.1, 0.15) is 4.83 Å². The van der Waals surface area contributed by atoms with Gasteiger partial charge in [-0.2, -0.15) is 4.98 Å². The van der Waals surface area contributed by atoms with Crippen molar-refractivity contribution < 1.29 is 0 Å². The Kier molecular flexibility index (Phi) is 4.03. The molecule has 19 heavy (non-hydrogen) atoms. The van der Waals surface area contributed by atoms with Gasteiger partial charge in [0.05, 0.1) is 17.3 Å². The third kappa shape index (κ3) is 2.86. The summed E-state index contributed by atoms with van der Waals surface area (Å²) in [6.45, 7) is 0. The predicted molar refractivity (Wildman–Crippen MR) is 78.5 cm³/mol. The van der Waals surface area contributed by atoms with Crippen molar-refractivity contribution in [2.45, 2.75) is 0 Å². The van der Waals surface area contributed by atoms with E-state index in [9.17, 15) is 4.79 Å². The summed E-state index contributed by atoms with van der Waals surface area (Å²) in [5, 5.41) is 4.10. The molecule has 3 heterocycles. The number of hydrogen-bond acceptors (Lipinski definition) is 6. The standard InChI is InChI=1S/C12H8N4OS.ClH/c17-10-9-4-2-6-14-11(9)18-12(16-10)15-8-3-1-5-13-7-8;/h1-7H,(H,15,16,17);1H. The van der Waals surface area contributed by atoms with Crippen LogP contribution in [0.3, 0.4) is 0 Å². The van der Waals surface area contributed by atoms with Crippen molar-refractivity contribution in [3.63, 3.8) is 0 Å². The maximum absolute atomic E-state index is 11.8. The molecular formula is C12H9ClN4OS. The van der Waals surface area contributed by atoms with E-state index in [1.165, 1.54) is 11.3 Å². The van der Waals surface area contributed by atoms with Gasteiger partial charge in [0, 0.05) is 12.4 Å². The van der Waals surface area contributed by atoms with Gasteiger partial charge in [0.25, 0.3) is 5.56 Å². The van der Waals surface area contributed by atoms with Crippen LogP contribution in [-0.2, 0) is 0 Å². The second-order valence-electron chi connectivity index (χ2n) is 3.55. The van der Waals surface area contributed by atoms with Crippen LogP contribution >= 0.6 is 23.7 Å². The Morgan fingerprint density at radius 3 is 2.79 bits per heavy atom. The van der Waals surface area contributed by atoms with E-state index < -0.39 is 0 Å². The van der Waals surface area contributed by atoms with Crippen LogP contribution in [0.4, 0.5) is 10.8 Å². The molecule has 5 nitrogen and oxygen atoms in total. The van der Waals surface area contributed by atoms with Gasteiger partial charge in [-0.05, 0) is 24.3 Å². The molecule has 0 aliphatic carbocycles. The van der Waals surface area contributed by atoms with E-state index >= 15 is 0 Å². The highest BCUT2D eigenvalue weighted by molar-refractivity contribution is 7.21. The van der Waals surface area contributed by atoms with Crippen LogP contribution in [0.25, 0.3) is 10.2 Å². The van der Waals surface area contributed by atoms with E-state index in [4.69, 9.17) is 0 Å². The van der Waals surface area contributed by atoms with Gasteiger partial charge < -0.3 is 5.32 Å². The van der Waals surface area contributed by atoms with Gasteiger partial charge in [-0.1, -0.05) is 11.3 Å². The molecule has 0 aliphatic heterocycles. The molecule has 3 aromatic rings. The highest BCUT2D eigenvalue weighted by Gasteiger charge is 2.05. The number of aromatic nitrogens is 3. The van der Waals surface area contributed by atoms with E-state index in [-0.39, 0.29) is 18.0 Å². The van der Waals surface area contributed by atoms with E-state index in [0.29, 0.717) is 15.3 Å². The number of pyridine rings is 2. The molecule has 3 aromatic heterocycles. The first-order valence-electron chi connectivity index (χ1n) is 5.26. The Balaban J connectivity index is 0.00000133. The lowest BCUT2D eigenvalue weighted by molar-refractivity contribution is 1.27. The summed E-state index contributed by atoms with van der Waals surface area (Å²) in [6, 6.07) is 7.12. The molecule has 0 radical (unpaired) electrons. The summed E-state index contributed by atoms with van der Waals surface area (Å²) < 4.78 is 0. The van der Waals surface area contributed by atoms with Crippen molar-refractivity contribution in [1.82, 2.24) is 15.0 Å². The summed E-state index contributed by atoms with van der Waals surface area (Å²) in [5.41, 5.74) is 0.513. The molecule has 96 valence electrons. The molecule has 0 spiro atoms. The van der Waals surface area contributed by atoms with E-state index in [2.05, 4.69) is 20.3 Å². The van der Waals surface area contributed by atoms with Crippen LogP contribution in [0.1, 0.15) is 0 Å². The minimum Gasteiger partial charge on any atom is -0.330 e. The van der Waals surface area contributed by atoms with E-state index in [0.717, 1.165) is 5.69 Å². The molecule has 0 amide bonds. The Labute approximate surface area is 118 Å². The quantitative estimate of drug-likeness (QED) is 0.786. The van der Waals surface area contributed by atoms with Gasteiger partial charge in [-0.25, -0.2) is 4.98 Å². The first kappa shape index (κ1) is 13.4. The number of fused-ring (bicyclic) bond motifs is 1. The molecule has 0 saturated heterocycles. The highest BCUT2D eigenvalue weighted by Crippen LogP contribution is 2.21. The molecule has 7 heteroatoms. The van der Waals surface area contributed by atoms with Gasteiger partial charge >= 0.3 is 0 Å². The van der Waals surface area contributed by atoms with E-state index in [1.54, 1.807) is 30.7 Å². The van der Waals surface area contributed by atoms with Crippen LogP contribution in [-0.4, -0.2) is 15.0 Å².